The summed E-state index contributed by atoms with van der Waals surface area (Å²) >= 11 is 0. The largest absolute Gasteiger partial charge is 0.338 e. The third-order valence-electron chi connectivity index (χ3n) is 3.39. The molecular formula is C14H29N5O2. The molecule has 0 radical (unpaired) electrons. The monoisotopic (exact) mass is 299 g/mol. The predicted molar refractivity (Wildman–Crippen MR) is 83.4 cm³/mol. The standard InChI is InChI=1S/C14H29N5O2/c1-3-15-13(20)16-7-8-17-14(21)18-12(2)11-19-9-5-4-6-10-19/h12H,3-11H2,1-2H3,(H2,15,16,20)(H2,17,18,21). The first-order chi connectivity index (χ1) is 10.1. The summed E-state index contributed by atoms with van der Waals surface area (Å²) in [5.74, 6) is 0. The van der Waals surface area contributed by atoms with Gasteiger partial charge in [-0.1, -0.05) is 6.42 Å². The van der Waals surface area contributed by atoms with Crippen molar-refractivity contribution in [2.75, 3.05) is 39.3 Å². The molecule has 0 saturated carbocycles. The van der Waals surface area contributed by atoms with Gasteiger partial charge in [-0.05, 0) is 39.8 Å². The highest BCUT2D eigenvalue weighted by atomic mass is 16.2. The summed E-state index contributed by atoms with van der Waals surface area (Å²) in [5, 5.41) is 10.9. The Morgan fingerprint density at radius 2 is 1.62 bits per heavy atom. The minimum absolute atomic E-state index is 0.124. The maximum Gasteiger partial charge on any atom is 0.315 e. The Morgan fingerprint density at radius 3 is 2.24 bits per heavy atom. The number of carbonyl (C=O) groups is 2. The molecule has 0 aromatic rings. The summed E-state index contributed by atoms with van der Waals surface area (Å²) < 4.78 is 0. The zero-order valence-electron chi connectivity index (χ0n) is 13.2. The van der Waals surface area contributed by atoms with Crippen LogP contribution in [0.4, 0.5) is 9.59 Å². The lowest BCUT2D eigenvalue weighted by molar-refractivity contribution is 0.203. The van der Waals surface area contributed by atoms with Crippen molar-refractivity contribution in [3.05, 3.63) is 0 Å². The number of urea groups is 2. The summed E-state index contributed by atoms with van der Waals surface area (Å²) in [7, 11) is 0. The van der Waals surface area contributed by atoms with Gasteiger partial charge >= 0.3 is 12.1 Å². The van der Waals surface area contributed by atoms with Crippen LogP contribution in [0.5, 0.6) is 0 Å². The van der Waals surface area contributed by atoms with Crippen LogP contribution in [0, 0.1) is 0 Å². The number of carbonyl (C=O) groups excluding carboxylic acids is 2. The van der Waals surface area contributed by atoms with Crippen molar-refractivity contribution in [2.45, 2.75) is 39.2 Å². The van der Waals surface area contributed by atoms with Crippen LogP contribution in [0.15, 0.2) is 0 Å². The van der Waals surface area contributed by atoms with Crippen LogP contribution in [0.3, 0.4) is 0 Å². The van der Waals surface area contributed by atoms with Crippen LogP contribution in [-0.2, 0) is 0 Å². The Morgan fingerprint density at radius 1 is 1.00 bits per heavy atom. The number of likely N-dealkylation sites (tertiary alicyclic amines) is 1. The fraction of sp³-hybridized carbons (Fsp3) is 0.857. The van der Waals surface area contributed by atoms with E-state index in [9.17, 15) is 9.59 Å². The summed E-state index contributed by atoms with van der Waals surface area (Å²) in [6.07, 6.45) is 3.83. The molecule has 7 nitrogen and oxygen atoms in total. The van der Waals surface area contributed by atoms with E-state index in [0.717, 1.165) is 19.6 Å². The van der Waals surface area contributed by atoms with E-state index in [-0.39, 0.29) is 18.1 Å². The normalized spacial score (nSPS) is 16.9. The van der Waals surface area contributed by atoms with Crippen LogP contribution >= 0.6 is 0 Å². The molecule has 0 spiro atoms. The highest BCUT2D eigenvalue weighted by Gasteiger charge is 2.14. The van der Waals surface area contributed by atoms with Gasteiger partial charge in [0.1, 0.15) is 0 Å². The molecule has 0 aromatic carbocycles. The number of rotatable bonds is 7. The first-order valence-electron chi connectivity index (χ1n) is 7.90. The third kappa shape index (κ3) is 8.39. The first kappa shape index (κ1) is 17.6. The number of hydrogen-bond acceptors (Lipinski definition) is 3. The van der Waals surface area contributed by atoms with Gasteiger partial charge in [0.2, 0.25) is 0 Å². The van der Waals surface area contributed by atoms with E-state index in [1.807, 2.05) is 13.8 Å². The Hall–Kier alpha value is -1.50. The molecule has 1 rings (SSSR count). The molecule has 21 heavy (non-hydrogen) atoms. The maximum absolute atomic E-state index is 11.7. The van der Waals surface area contributed by atoms with E-state index in [2.05, 4.69) is 26.2 Å². The van der Waals surface area contributed by atoms with Gasteiger partial charge in [0.25, 0.3) is 0 Å². The fourth-order valence-corrected chi connectivity index (χ4v) is 2.42. The second-order valence-electron chi connectivity index (χ2n) is 5.45. The molecule has 7 heteroatoms. The molecular weight excluding hydrogens is 270 g/mol. The zero-order valence-corrected chi connectivity index (χ0v) is 13.2. The van der Waals surface area contributed by atoms with Gasteiger partial charge in [-0.25, -0.2) is 9.59 Å². The van der Waals surface area contributed by atoms with Gasteiger partial charge in [-0.2, -0.15) is 0 Å². The van der Waals surface area contributed by atoms with Crippen LogP contribution in [0.2, 0.25) is 0 Å². The third-order valence-corrected chi connectivity index (χ3v) is 3.39. The predicted octanol–water partition coefficient (Wildman–Crippen LogP) is 0.479. The molecule has 0 aromatic heterocycles. The molecule has 1 atom stereocenters. The van der Waals surface area contributed by atoms with E-state index in [1.54, 1.807) is 0 Å². The smallest absolute Gasteiger partial charge is 0.315 e. The molecule has 1 heterocycles. The quantitative estimate of drug-likeness (QED) is 0.516. The number of hydrogen-bond donors (Lipinski definition) is 4. The van der Waals surface area contributed by atoms with Gasteiger partial charge in [-0.15, -0.1) is 0 Å². The van der Waals surface area contributed by atoms with Crippen molar-refractivity contribution < 1.29 is 9.59 Å². The van der Waals surface area contributed by atoms with Crippen LogP contribution in [0.1, 0.15) is 33.1 Å². The lowest BCUT2D eigenvalue weighted by Crippen LogP contribution is -2.48. The lowest BCUT2D eigenvalue weighted by atomic mass is 10.1. The van der Waals surface area contributed by atoms with E-state index >= 15 is 0 Å². The van der Waals surface area contributed by atoms with Crippen molar-refractivity contribution in [3.8, 4) is 0 Å². The Kier molecular flexibility index (Phi) is 8.57. The van der Waals surface area contributed by atoms with Crippen LogP contribution in [-0.4, -0.2) is 62.3 Å². The first-order valence-corrected chi connectivity index (χ1v) is 7.90. The fourth-order valence-electron chi connectivity index (χ4n) is 2.42. The summed E-state index contributed by atoms with van der Waals surface area (Å²) in [6, 6.07) is -0.269. The SMILES string of the molecule is CCNC(=O)NCCNC(=O)NC(C)CN1CCCCC1. The average molecular weight is 299 g/mol. The van der Waals surface area contributed by atoms with E-state index in [1.165, 1.54) is 19.3 Å². The second-order valence-corrected chi connectivity index (χ2v) is 5.45. The van der Waals surface area contributed by atoms with E-state index in [4.69, 9.17) is 0 Å². The van der Waals surface area contributed by atoms with Gasteiger partial charge in [0, 0.05) is 32.2 Å². The number of piperidine rings is 1. The molecule has 0 aliphatic carbocycles. The van der Waals surface area contributed by atoms with Gasteiger partial charge in [-0.3, -0.25) is 0 Å². The number of nitrogens with zero attached hydrogens (tertiary/aromatic N) is 1. The Balaban J connectivity index is 2.05. The molecule has 1 unspecified atom stereocenters. The Bertz CT molecular complexity index is 318. The lowest BCUT2D eigenvalue weighted by Gasteiger charge is -2.29. The molecule has 4 N–H and O–H groups in total. The molecule has 1 aliphatic rings. The van der Waals surface area contributed by atoms with Crippen molar-refractivity contribution in [2.24, 2.45) is 0 Å². The number of amides is 4. The summed E-state index contributed by atoms with van der Waals surface area (Å²) in [4.78, 5) is 25.2. The van der Waals surface area contributed by atoms with E-state index in [0.29, 0.717) is 19.6 Å². The minimum Gasteiger partial charge on any atom is -0.338 e. The van der Waals surface area contributed by atoms with Crippen molar-refractivity contribution >= 4 is 12.1 Å². The van der Waals surface area contributed by atoms with Crippen molar-refractivity contribution in [1.29, 1.82) is 0 Å². The van der Waals surface area contributed by atoms with Gasteiger partial charge in [0.15, 0.2) is 0 Å². The van der Waals surface area contributed by atoms with Crippen LogP contribution < -0.4 is 21.3 Å². The number of nitrogens with one attached hydrogen (secondary N) is 4. The molecule has 1 aliphatic heterocycles. The highest BCUT2D eigenvalue weighted by molar-refractivity contribution is 5.75. The average Bonchev–Trinajstić information content (AvgIpc) is 2.45. The summed E-state index contributed by atoms with van der Waals surface area (Å²) in [5.41, 5.74) is 0. The van der Waals surface area contributed by atoms with Gasteiger partial charge in [0.05, 0.1) is 0 Å². The highest BCUT2D eigenvalue weighted by Crippen LogP contribution is 2.08. The Labute approximate surface area is 127 Å². The molecule has 122 valence electrons. The molecule has 1 saturated heterocycles. The zero-order chi connectivity index (χ0) is 15.5. The van der Waals surface area contributed by atoms with Gasteiger partial charge < -0.3 is 26.2 Å². The van der Waals surface area contributed by atoms with E-state index < -0.39 is 0 Å². The topological polar surface area (TPSA) is 85.5 Å². The maximum atomic E-state index is 11.7. The second kappa shape index (κ2) is 10.3. The van der Waals surface area contributed by atoms with Crippen LogP contribution in [0.25, 0.3) is 0 Å². The van der Waals surface area contributed by atoms with Crippen molar-refractivity contribution in [1.82, 2.24) is 26.2 Å². The molecule has 1 fully saturated rings. The van der Waals surface area contributed by atoms with Crippen molar-refractivity contribution in [3.63, 3.8) is 0 Å². The summed E-state index contributed by atoms with van der Waals surface area (Å²) in [6.45, 7) is 8.45. The minimum atomic E-state index is -0.210. The molecule has 0 bridgehead atoms. The molecule has 4 amide bonds.